The van der Waals surface area contributed by atoms with E-state index in [1.165, 1.54) is 6.07 Å². The van der Waals surface area contributed by atoms with Gasteiger partial charge >= 0.3 is 0 Å². The normalized spacial score (nSPS) is 9.96. The Morgan fingerprint density at radius 2 is 1.65 bits per heavy atom. The van der Waals surface area contributed by atoms with E-state index in [0.29, 0.717) is 33.5 Å². The molecule has 0 aliphatic carbocycles. The molecule has 0 aromatic heterocycles. The van der Waals surface area contributed by atoms with Gasteiger partial charge in [-0.3, -0.25) is 25.8 Å². The number of carbonyl (C=O) groups is 2. The summed E-state index contributed by atoms with van der Waals surface area (Å²) >= 11 is 16.8. The molecule has 0 saturated carbocycles. The average molecular weight is 412 g/mol. The molecule has 2 aromatic carbocycles. The Kier molecular flexibility index (Phi) is 7.20. The van der Waals surface area contributed by atoms with E-state index >= 15 is 0 Å². The van der Waals surface area contributed by atoms with Crippen molar-refractivity contribution < 1.29 is 14.3 Å². The number of rotatable bonds is 4. The zero-order valence-electron chi connectivity index (χ0n) is 13.6. The number of thiocarbonyl (C=S) groups is 1. The Morgan fingerprint density at radius 3 is 2.27 bits per heavy atom. The Morgan fingerprint density at radius 1 is 1.00 bits per heavy atom. The molecule has 136 valence electrons. The SMILES string of the molecule is CCOc1ccc(C(=O)NC(=S)NNC(=O)c2ccc(Cl)cc2)cc1Cl. The number of halogens is 2. The van der Waals surface area contributed by atoms with Gasteiger partial charge in [-0.1, -0.05) is 23.2 Å². The number of benzene rings is 2. The summed E-state index contributed by atoms with van der Waals surface area (Å²) in [5.74, 6) is -0.419. The molecule has 9 heteroatoms. The van der Waals surface area contributed by atoms with Crippen LogP contribution in [0, 0.1) is 0 Å². The minimum atomic E-state index is -0.479. The van der Waals surface area contributed by atoms with Crippen LogP contribution in [0.15, 0.2) is 42.5 Å². The molecule has 0 bridgehead atoms. The summed E-state index contributed by atoms with van der Waals surface area (Å²) in [5.41, 5.74) is 5.51. The smallest absolute Gasteiger partial charge is 0.269 e. The van der Waals surface area contributed by atoms with Crippen LogP contribution in [-0.2, 0) is 0 Å². The summed E-state index contributed by atoms with van der Waals surface area (Å²) in [4.78, 5) is 24.1. The summed E-state index contributed by atoms with van der Waals surface area (Å²) < 4.78 is 5.31. The first kappa shape index (κ1) is 20.0. The van der Waals surface area contributed by atoms with Gasteiger partial charge in [0.15, 0.2) is 5.11 Å². The molecule has 6 nitrogen and oxygen atoms in total. The fraction of sp³-hybridized carbons (Fsp3) is 0.118. The highest BCUT2D eigenvalue weighted by Crippen LogP contribution is 2.25. The van der Waals surface area contributed by atoms with Gasteiger partial charge in [-0.25, -0.2) is 0 Å². The number of hydrogen-bond acceptors (Lipinski definition) is 4. The molecule has 0 heterocycles. The standard InChI is InChI=1S/C17H15Cl2N3O3S/c1-2-25-14-8-5-11(9-13(14)19)15(23)20-17(26)22-21-16(24)10-3-6-12(18)7-4-10/h3-9H,2H2,1H3,(H,21,24)(H2,20,22,23,26). The fourth-order valence-electron chi connectivity index (χ4n) is 1.91. The number of hydrogen-bond donors (Lipinski definition) is 3. The van der Waals surface area contributed by atoms with Gasteiger partial charge in [-0.05, 0) is 61.6 Å². The Bertz CT molecular complexity index is 829. The van der Waals surface area contributed by atoms with Gasteiger partial charge in [0.1, 0.15) is 5.75 Å². The highest BCUT2D eigenvalue weighted by molar-refractivity contribution is 7.80. The first-order valence-corrected chi connectivity index (χ1v) is 8.66. The van der Waals surface area contributed by atoms with E-state index in [9.17, 15) is 9.59 Å². The van der Waals surface area contributed by atoms with Gasteiger partial charge in [0, 0.05) is 16.1 Å². The van der Waals surface area contributed by atoms with E-state index in [2.05, 4.69) is 16.2 Å². The summed E-state index contributed by atoms with van der Waals surface area (Å²) in [6, 6.07) is 10.9. The summed E-state index contributed by atoms with van der Waals surface area (Å²) in [5, 5.41) is 3.20. The molecule has 2 aromatic rings. The maximum atomic E-state index is 12.2. The van der Waals surface area contributed by atoms with Gasteiger partial charge in [0.05, 0.1) is 11.6 Å². The van der Waals surface area contributed by atoms with Crippen LogP contribution in [0.3, 0.4) is 0 Å². The lowest BCUT2D eigenvalue weighted by atomic mass is 10.2. The van der Waals surface area contributed by atoms with Crippen LogP contribution in [0.2, 0.25) is 10.0 Å². The Balaban J connectivity index is 1.89. The van der Waals surface area contributed by atoms with Gasteiger partial charge < -0.3 is 4.74 Å². The molecule has 0 radical (unpaired) electrons. The molecule has 0 atom stereocenters. The van der Waals surface area contributed by atoms with E-state index < -0.39 is 11.8 Å². The molecule has 0 aliphatic heterocycles. The molecule has 2 amide bonds. The number of carbonyl (C=O) groups excluding carboxylic acids is 2. The van der Waals surface area contributed by atoms with Crippen molar-refractivity contribution in [3.63, 3.8) is 0 Å². The van der Waals surface area contributed by atoms with E-state index in [4.69, 9.17) is 40.2 Å². The summed E-state index contributed by atoms with van der Waals surface area (Å²) in [6.07, 6.45) is 0. The van der Waals surface area contributed by atoms with Gasteiger partial charge in [0.2, 0.25) is 0 Å². The second kappa shape index (κ2) is 9.38. The maximum Gasteiger partial charge on any atom is 0.269 e. The van der Waals surface area contributed by atoms with Crippen LogP contribution in [-0.4, -0.2) is 23.5 Å². The van der Waals surface area contributed by atoms with E-state index in [-0.39, 0.29) is 5.11 Å². The predicted octanol–water partition coefficient (Wildman–Crippen LogP) is 3.34. The van der Waals surface area contributed by atoms with Gasteiger partial charge in [-0.15, -0.1) is 0 Å². The molecule has 0 spiro atoms. The third kappa shape index (κ3) is 5.59. The minimum absolute atomic E-state index is 0.0673. The highest BCUT2D eigenvalue weighted by Gasteiger charge is 2.12. The van der Waals surface area contributed by atoms with Crippen molar-refractivity contribution in [2.75, 3.05) is 6.61 Å². The van der Waals surface area contributed by atoms with Crippen LogP contribution in [0.4, 0.5) is 0 Å². The highest BCUT2D eigenvalue weighted by atomic mass is 35.5. The van der Waals surface area contributed by atoms with Crippen molar-refractivity contribution >= 4 is 52.3 Å². The van der Waals surface area contributed by atoms with Crippen LogP contribution in [0.5, 0.6) is 5.75 Å². The molecular formula is C17H15Cl2N3O3S. The van der Waals surface area contributed by atoms with Crippen molar-refractivity contribution in [2.45, 2.75) is 6.92 Å². The third-order valence-electron chi connectivity index (χ3n) is 3.12. The largest absolute Gasteiger partial charge is 0.492 e. The van der Waals surface area contributed by atoms with E-state index in [1.807, 2.05) is 6.92 Å². The predicted molar refractivity (Wildman–Crippen MR) is 105 cm³/mol. The molecule has 0 unspecified atom stereocenters. The lowest BCUT2D eigenvalue weighted by Gasteiger charge is -2.12. The van der Waals surface area contributed by atoms with E-state index in [1.54, 1.807) is 36.4 Å². The maximum absolute atomic E-state index is 12.2. The number of amides is 2. The van der Waals surface area contributed by atoms with Gasteiger partial charge in [-0.2, -0.15) is 0 Å². The number of nitrogens with one attached hydrogen (secondary N) is 3. The molecule has 0 fully saturated rings. The zero-order valence-corrected chi connectivity index (χ0v) is 16.0. The topological polar surface area (TPSA) is 79.5 Å². The van der Waals surface area contributed by atoms with E-state index in [0.717, 1.165) is 0 Å². The zero-order chi connectivity index (χ0) is 19.1. The van der Waals surface area contributed by atoms with Crippen LogP contribution < -0.4 is 20.9 Å². The quantitative estimate of drug-likeness (QED) is 0.530. The molecule has 0 saturated heterocycles. The van der Waals surface area contributed by atoms with Crippen molar-refractivity contribution in [1.82, 2.24) is 16.2 Å². The second-order valence-corrected chi connectivity index (χ2v) is 6.20. The van der Waals surface area contributed by atoms with Crippen LogP contribution >= 0.6 is 35.4 Å². The fourth-order valence-corrected chi connectivity index (χ4v) is 2.41. The Labute approximate surface area is 165 Å². The van der Waals surface area contributed by atoms with Crippen molar-refractivity contribution in [3.8, 4) is 5.75 Å². The summed E-state index contributed by atoms with van der Waals surface area (Å²) in [7, 11) is 0. The van der Waals surface area contributed by atoms with Crippen molar-refractivity contribution in [1.29, 1.82) is 0 Å². The molecule has 3 N–H and O–H groups in total. The molecule has 26 heavy (non-hydrogen) atoms. The monoisotopic (exact) mass is 411 g/mol. The van der Waals surface area contributed by atoms with Crippen molar-refractivity contribution in [2.24, 2.45) is 0 Å². The second-order valence-electron chi connectivity index (χ2n) is 4.95. The number of hydrazine groups is 1. The first-order chi connectivity index (χ1) is 12.4. The van der Waals surface area contributed by atoms with Crippen LogP contribution in [0.1, 0.15) is 27.6 Å². The molecule has 0 aliphatic rings. The average Bonchev–Trinajstić information content (AvgIpc) is 2.62. The lowest BCUT2D eigenvalue weighted by molar-refractivity contribution is 0.0934. The third-order valence-corrected chi connectivity index (χ3v) is 3.87. The van der Waals surface area contributed by atoms with Crippen LogP contribution in [0.25, 0.3) is 0 Å². The van der Waals surface area contributed by atoms with Crippen molar-refractivity contribution in [3.05, 3.63) is 63.6 Å². The lowest BCUT2D eigenvalue weighted by Crippen LogP contribution is -2.48. The minimum Gasteiger partial charge on any atom is -0.492 e. The molecular weight excluding hydrogens is 397 g/mol. The Hall–Kier alpha value is -2.35. The van der Waals surface area contributed by atoms with Gasteiger partial charge in [0.25, 0.3) is 11.8 Å². The first-order valence-electron chi connectivity index (χ1n) is 7.50. The molecule has 2 rings (SSSR count). The summed E-state index contributed by atoms with van der Waals surface area (Å²) in [6.45, 7) is 2.30. The number of ether oxygens (including phenoxy) is 1.